The molecule has 1 saturated heterocycles. The van der Waals surface area contributed by atoms with Crippen LogP contribution >= 0.6 is 0 Å². The summed E-state index contributed by atoms with van der Waals surface area (Å²) < 4.78 is 31.4. The average Bonchev–Trinajstić information content (AvgIpc) is 3.77. The number of hydrogen-bond donors (Lipinski definition) is 0. The van der Waals surface area contributed by atoms with E-state index in [1.807, 2.05) is 0 Å². The third-order valence-electron chi connectivity index (χ3n) is 7.21. The smallest absolute Gasteiger partial charge is 0.352 e. The van der Waals surface area contributed by atoms with Crippen LogP contribution in [0.3, 0.4) is 0 Å². The molecule has 238 valence electrons. The van der Waals surface area contributed by atoms with Crippen molar-refractivity contribution in [1.29, 1.82) is 0 Å². The van der Waals surface area contributed by atoms with Gasteiger partial charge in [0.2, 0.25) is 5.82 Å². The summed E-state index contributed by atoms with van der Waals surface area (Å²) in [5, 5.41) is 4.01. The molecule has 0 spiro atoms. The zero-order valence-corrected chi connectivity index (χ0v) is 24.8. The number of ether oxygens (including phenoxy) is 5. The molecular formula is C33H27N5O9. The van der Waals surface area contributed by atoms with E-state index in [2.05, 4.69) is 15.1 Å². The maximum atomic E-state index is 13.5. The van der Waals surface area contributed by atoms with Crippen molar-refractivity contribution in [3.05, 3.63) is 137 Å². The van der Waals surface area contributed by atoms with E-state index >= 15 is 0 Å². The lowest BCUT2D eigenvalue weighted by Crippen LogP contribution is -2.42. The first-order chi connectivity index (χ1) is 22.9. The Morgan fingerprint density at radius 1 is 0.787 bits per heavy atom. The van der Waals surface area contributed by atoms with Gasteiger partial charge in [0.15, 0.2) is 24.2 Å². The monoisotopic (exact) mass is 637 g/mol. The summed E-state index contributed by atoms with van der Waals surface area (Å²) in [5.41, 5.74) is -0.150. The highest BCUT2D eigenvalue weighted by Crippen LogP contribution is 2.35. The molecule has 3 aromatic carbocycles. The van der Waals surface area contributed by atoms with E-state index in [0.29, 0.717) is 0 Å². The highest BCUT2D eigenvalue weighted by molar-refractivity contribution is 5.91. The summed E-state index contributed by atoms with van der Waals surface area (Å²) in [6, 6.07) is 24.5. The molecule has 0 radical (unpaired) electrons. The van der Waals surface area contributed by atoms with E-state index < -0.39 is 54.7 Å². The lowest BCUT2D eigenvalue weighted by atomic mass is 10.1. The zero-order chi connectivity index (χ0) is 32.8. The summed E-state index contributed by atoms with van der Waals surface area (Å²) in [6.07, 6.45) is -1.47. The fourth-order valence-electron chi connectivity index (χ4n) is 4.93. The highest BCUT2D eigenvalue weighted by atomic mass is 16.7. The molecule has 2 aromatic heterocycles. The largest absolute Gasteiger partial charge is 0.491 e. The Labute approximate surface area is 267 Å². The molecule has 0 amide bonds. The fourth-order valence-corrected chi connectivity index (χ4v) is 4.93. The van der Waals surface area contributed by atoms with Gasteiger partial charge in [0.25, 0.3) is 0 Å². The quantitative estimate of drug-likeness (QED) is 0.163. The predicted molar refractivity (Wildman–Crippen MR) is 162 cm³/mol. The molecule has 14 heteroatoms. The molecule has 6 rings (SSSR count). The predicted octanol–water partition coefficient (Wildman–Crippen LogP) is 3.04. The van der Waals surface area contributed by atoms with Crippen LogP contribution in [0.25, 0.3) is 5.82 Å². The van der Waals surface area contributed by atoms with Crippen molar-refractivity contribution in [3.63, 3.8) is 0 Å². The van der Waals surface area contributed by atoms with Gasteiger partial charge in [0.05, 0.1) is 30.0 Å². The van der Waals surface area contributed by atoms with E-state index in [4.69, 9.17) is 23.7 Å². The number of benzene rings is 3. The van der Waals surface area contributed by atoms with Crippen LogP contribution in [0, 0.1) is 0 Å². The van der Waals surface area contributed by atoms with Gasteiger partial charge < -0.3 is 23.7 Å². The maximum Gasteiger partial charge on any atom is 0.352 e. The lowest BCUT2D eigenvalue weighted by Gasteiger charge is -2.25. The molecule has 0 N–H and O–H groups in total. The van der Waals surface area contributed by atoms with Crippen molar-refractivity contribution in [2.24, 2.45) is 0 Å². The molecule has 47 heavy (non-hydrogen) atoms. The number of methoxy groups -OCH3 is 1. The van der Waals surface area contributed by atoms with Crippen LogP contribution in [-0.4, -0.2) is 74.3 Å². The Kier molecular flexibility index (Phi) is 9.11. The molecule has 1 aliphatic rings. The minimum atomic E-state index is -1.42. The molecule has 4 unspecified atom stereocenters. The van der Waals surface area contributed by atoms with Crippen LogP contribution in [0.1, 0.15) is 37.3 Å². The molecule has 14 nitrogen and oxygen atoms in total. The summed E-state index contributed by atoms with van der Waals surface area (Å²) in [4.78, 5) is 61.1. The summed E-state index contributed by atoms with van der Waals surface area (Å²) >= 11 is 0. The number of esters is 3. The normalized spacial score (nSPS) is 18.7. The van der Waals surface area contributed by atoms with Gasteiger partial charge in [-0.1, -0.05) is 54.6 Å². The standard InChI is InChI=1S/C33H27N5O9/c1-43-24-17-37(33(42)36-28(24)38-20-34-19-35-38)29-27(47-32(41)23-15-9-4-10-16-23)26(46-31(40)22-13-7-3-8-14-22)25(45-29)18-44-30(39)21-11-5-2-6-12-21/h2-17,19-20,25-27,29H,18H2,1H3. The Morgan fingerprint density at radius 3 is 1.87 bits per heavy atom. The molecule has 1 aliphatic heterocycles. The second-order valence-corrected chi connectivity index (χ2v) is 10.2. The first-order valence-electron chi connectivity index (χ1n) is 14.3. The Bertz CT molecular complexity index is 1900. The van der Waals surface area contributed by atoms with Gasteiger partial charge in [-0.2, -0.15) is 14.8 Å². The van der Waals surface area contributed by atoms with Crippen LogP contribution in [0.5, 0.6) is 5.75 Å². The lowest BCUT2D eigenvalue weighted by molar-refractivity contribution is -0.0641. The molecule has 0 saturated carbocycles. The summed E-state index contributed by atoms with van der Waals surface area (Å²) in [5.74, 6) is -2.06. The highest BCUT2D eigenvalue weighted by Gasteiger charge is 2.52. The third-order valence-corrected chi connectivity index (χ3v) is 7.21. The van der Waals surface area contributed by atoms with E-state index in [0.717, 1.165) is 4.57 Å². The van der Waals surface area contributed by atoms with Crippen molar-refractivity contribution in [2.75, 3.05) is 13.7 Å². The van der Waals surface area contributed by atoms with E-state index in [9.17, 15) is 19.2 Å². The summed E-state index contributed by atoms with van der Waals surface area (Å²) in [7, 11) is 1.37. The SMILES string of the molecule is COc1cn(C2OC(COC(=O)c3ccccc3)C(OC(=O)c3ccccc3)C2OC(=O)c2ccccc2)c(=O)nc1-n1cncn1. The first-order valence-corrected chi connectivity index (χ1v) is 14.3. The minimum absolute atomic E-state index is 0.0440. The van der Waals surface area contributed by atoms with Gasteiger partial charge in [-0.3, -0.25) is 4.57 Å². The molecule has 4 atom stereocenters. The van der Waals surface area contributed by atoms with Crippen molar-refractivity contribution >= 4 is 17.9 Å². The van der Waals surface area contributed by atoms with Gasteiger partial charge in [-0.15, -0.1) is 0 Å². The third kappa shape index (κ3) is 6.77. The Morgan fingerprint density at radius 2 is 1.34 bits per heavy atom. The molecule has 1 fully saturated rings. The minimum Gasteiger partial charge on any atom is -0.491 e. The molecular weight excluding hydrogens is 610 g/mol. The number of rotatable bonds is 10. The number of carbonyl (C=O) groups excluding carboxylic acids is 3. The van der Waals surface area contributed by atoms with Crippen molar-refractivity contribution in [2.45, 2.75) is 24.5 Å². The average molecular weight is 638 g/mol. The molecule has 0 aliphatic carbocycles. The summed E-state index contributed by atoms with van der Waals surface area (Å²) in [6.45, 7) is -0.424. The van der Waals surface area contributed by atoms with Gasteiger partial charge >= 0.3 is 23.6 Å². The van der Waals surface area contributed by atoms with Crippen LogP contribution < -0.4 is 10.4 Å². The molecule has 3 heterocycles. The fraction of sp³-hybridized carbons (Fsp3) is 0.182. The van der Waals surface area contributed by atoms with Gasteiger partial charge in [0, 0.05) is 0 Å². The topological polar surface area (TPSA) is 163 Å². The van der Waals surface area contributed by atoms with Crippen LogP contribution in [0.15, 0.2) is 115 Å². The number of hydrogen-bond acceptors (Lipinski definition) is 12. The number of aromatic nitrogens is 5. The maximum absolute atomic E-state index is 13.5. The van der Waals surface area contributed by atoms with Gasteiger partial charge in [0.1, 0.15) is 25.4 Å². The van der Waals surface area contributed by atoms with E-state index in [1.165, 1.54) is 30.6 Å². The number of nitrogens with zero attached hydrogens (tertiary/aromatic N) is 5. The second-order valence-electron chi connectivity index (χ2n) is 10.2. The molecule has 5 aromatic rings. The first kappa shape index (κ1) is 30.9. The second kappa shape index (κ2) is 13.9. The zero-order valence-electron chi connectivity index (χ0n) is 24.8. The van der Waals surface area contributed by atoms with Crippen molar-refractivity contribution in [1.82, 2.24) is 24.3 Å². The van der Waals surface area contributed by atoms with Crippen molar-refractivity contribution in [3.8, 4) is 11.6 Å². The Balaban J connectivity index is 1.39. The van der Waals surface area contributed by atoms with E-state index in [1.54, 1.807) is 91.0 Å². The number of carbonyl (C=O) groups is 3. The van der Waals surface area contributed by atoms with E-state index in [-0.39, 0.29) is 28.3 Å². The van der Waals surface area contributed by atoms with Crippen LogP contribution in [0.4, 0.5) is 0 Å². The van der Waals surface area contributed by atoms with Crippen LogP contribution in [0.2, 0.25) is 0 Å². The van der Waals surface area contributed by atoms with Gasteiger partial charge in [-0.25, -0.2) is 24.2 Å². The van der Waals surface area contributed by atoms with Gasteiger partial charge in [-0.05, 0) is 36.4 Å². The molecule has 0 bridgehead atoms. The Hall–Kier alpha value is -6.15. The van der Waals surface area contributed by atoms with Crippen LogP contribution in [-0.2, 0) is 18.9 Å². The van der Waals surface area contributed by atoms with Crippen molar-refractivity contribution < 1.29 is 38.1 Å².